The smallest absolute Gasteiger partial charge is 0.416 e. The Morgan fingerprint density at radius 1 is 1.17 bits per heavy atom. The number of hydrogen-bond donors (Lipinski definition) is 0. The van der Waals surface area contributed by atoms with Crippen LogP contribution in [0.5, 0.6) is 11.5 Å². The van der Waals surface area contributed by atoms with Crippen molar-refractivity contribution in [1.82, 2.24) is 0 Å². The van der Waals surface area contributed by atoms with Gasteiger partial charge in [0, 0.05) is 13.0 Å². The Bertz CT molecular complexity index is 891. The second-order valence-electron chi connectivity index (χ2n) is 5.13. The largest absolute Gasteiger partial charge is 0.618 e. The molecule has 0 saturated heterocycles. The monoisotopic (exact) mass is 355 g/mol. The van der Waals surface area contributed by atoms with E-state index in [4.69, 9.17) is 16.3 Å². The summed E-state index contributed by atoms with van der Waals surface area (Å²) in [6.45, 7) is 1.41. The van der Waals surface area contributed by atoms with Crippen LogP contribution in [0.4, 0.5) is 18.9 Å². The lowest BCUT2D eigenvalue weighted by Gasteiger charge is -2.11. The first-order valence-corrected chi connectivity index (χ1v) is 7.10. The van der Waals surface area contributed by atoms with E-state index in [1.54, 1.807) is 0 Å². The summed E-state index contributed by atoms with van der Waals surface area (Å²) in [5, 5.41) is 11.5. The minimum atomic E-state index is -4.51. The van der Waals surface area contributed by atoms with E-state index in [-0.39, 0.29) is 33.5 Å². The number of rotatable bonds is 2. The lowest BCUT2D eigenvalue weighted by molar-refractivity contribution is -0.356. The van der Waals surface area contributed by atoms with Gasteiger partial charge in [-0.15, -0.1) is 0 Å². The molecule has 0 unspecified atom stereocenters. The van der Waals surface area contributed by atoms with E-state index in [1.165, 1.54) is 25.1 Å². The Labute approximate surface area is 139 Å². The van der Waals surface area contributed by atoms with Crippen molar-refractivity contribution in [1.29, 1.82) is 0 Å². The molecular formula is C16H9ClF3NO3. The molecule has 1 heterocycles. The summed E-state index contributed by atoms with van der Waals surface area (Å²) in [5.74, 6) is -0.231. The Balaban J connectivity index is 1.91. The molecule has 0 bridgehead atoms. The quantitative estimate of drug-likeness (QED) is 0.565. The summed E-state index contributed by atoms with van der Waals surface area (Å²) in [6.07, 6.45) is -4.51. The van der Waals surface area contributed by atoms with Crippen molar-refractivity contribution >= 4 is 28.8 Å². The number of alkyl halides is 3. The maximum absolute atomic E-state index is 12.6. The van der Waals surface area contributed by atoms with Gasteiger partial charge < -0.3 is 9.94 Å². The number of benzene rings is 2. The van der Waals surface area contributed by atoms with Crippen LogP contribution in [0.15, 0.2) is 36.4 Å². The van der Waals surface area contributed by atoms with E-state index >= 15 is 0 Å². The molecule has 0 fully saturated rings. The number of carbonyl (C=O) groups excluding carboxylic acids is 1. The third kappa shape index (κ3) is 2.71. The highest BCUT2D eigenvalue weighted by molar-refractivity contribution is 6.46. The summed E-state index contributed by atoms with van der Waals surface area (Å²) in [6, 6.07) is 6.89. The minimum absolute atomic E-state index is 0.00902. The van der Waals surface area contributed by atoms with Crippen LogP contribution in [0, 0.1) is 5.21 Å². The second kappa shape index (κ2) is 5.52. The fraction of sp³-hybridized carbons (Fsp3) is 0.125. The highest BCUT2D eigenvalue weighted by Crippen LogP contribution is 2.37. The number of ketones is 1. The number of fused-ring (bicyclic) bond motifs is 1. The predicted molar refractivity (Wildman–Crippen MR) is 81.3 cm³/mol. The molecule has 0 radical (unpaired) electrons. The van der Waals surface area contributed by atoms with Gasteiger partial charge in [0.2, 0.25) is 11.4 Å². The number of hydrogen-bond acceptors (Lipinski definition) is 3. The zero-order valence-electron chi connectivity index (χ0n) is 12.1. The van der Waals surface area contributed by atoms with Gasteiger partial charge in [0.25, 0.3) is 5.78 Å². The highest BCUT2D eigenvalue weighted by Gasteiger charge is 2.33. The van der Waals surface area contributed by atoms with Crippen molar-refractivity contribution in [3.63, 3.8) is 0 Å². The summed E-state index contributed by atoms with van der Waals surface area (Å²) >= 11 is 5.82. The Hall–Kier alpha value is -2.54. The topological polar surface area (TPSA) is 52.4 Å². The third-order valence-corrected chi connectivity index (χ3v) is 3.85. The molecule has 2 aromatic rings. The van der Waals surface area contributed by atoms with Crippen molar-refractivity contribution in [3.05, 3.63) is 57.8 Å². The molecule has 0 amide bonds. The summed E-state index contributed by atoms with van der Waals surface area (Å²) in [7, 11) is 0. The molecule has 8 heteroatoms. The fourth-order valence-corrected chi connectivity index (χ4v) is 2.51. The summed E-state index contributed by atoms with van der Waals surface area (Å²) < 4.78 is 43.8. The van der Waals surface area contributed by atoms with Crippen LogP contribution in [0.1, 0.15) is 22.8 Å². The standard InChI is InChI=1S/C16H9ClF3NO3/c1-8-15(22)11-7-10(3-4-13(11)21(8)23)24-14-5-2-9(6-12(14)17)16(18,19)20/h2-7H,1H3. The SMILES string of the molecule is CC1=[N+]([O-])c2ccc(Oc3ccc(C(F)(F)F)cc3Cl)cc2C1=O. The molecule has 124 valence electrons. The van der Waals surface area contributed by atoms with Gasteiger partial charge in [-0.2, -0.15) is 17.9 Å². The first-order chi connectivity index (χ1) is 11.2. The molecule has 3 rings (SSSR count). The second-order valence-corrected chi connectivity index (χ2v) is 5.54. The van der Waals surface area contributed by atoms with Gasteiger partial charge in [0.05, 0.1) is 10.6 Å². The van der Waals surface area contributed by atoms with Crippen molar-refractivity contribution in [2.75, 3.05) is 0 Å². The van der Waals surface area contributed by atoms with Crippen LogP contribution in [-0.4, -0.2) is 16.2 Å². The van der Waals surface area contributed by atoms with Crippen LogP contribution >= 0.6 is 11.6 Å². The van der Waals surface area contributed by atoms with Crippen LogP contribution in [0.2, 0.25) is 5.02 Å². The zero-order chi connectivity index (χ0) is 17.6. The maximum atomic E-state index is 12.6. The number of nitrogens with zero attached hydrogens (tertiary/aromatic N) is 1. The fourth-order valence-electron chi connectivity index (χ4n) is 2.29. The van der Waals surface area contributed by atoms with Gasteiger partial charge in [0.15, 0.2) is 0 Å². The first kappa shape index (κ1) is 16.3. The van der Waals surface area contributed by atoms with Gasteiger partial charge in [-0.1, -0.05) is 11.6 Å². The minimum Gasteiger partial charge on any atom is -0.618 e. The molecule has 1 aliphatic rings. The van der Waals surface area contributed by atoms with Crippen LogP contribution in [0.25, 0.3) is 0 Å². The number of carbonyl (C=O) groups is 1. The molecule has 2 aromatic carbocycles. The van der Waals surface area contributed by atoms with Crippen LogP contribution < -0.4 is 4.74 Å². The van der Waals surface area contributed by atoms with Gasteiger partial charge in [-0.3, -0.25) is 4.79 Å². The molecule has 0 aliphatic carbocycles. The number of ether oxygens (including phenoxy) is 1. The predicted octanol–water partition coefficient (Wildman–Crippen LogP) is 4.95. The van der Waals surface area contributed by atoms with E-state index in [9.17, 15) is 23.2 Å². The average Bonchev–Trinajstić information content (AvgIpc) is 2.73. The average molecular weight is 356 g/mol. The molecule has 1 aliphatic heterocycles. The van der Waals surface area contributed by atoms with Crippen molar-refractivity contribution in [2.45, 2.75) is 13.1 Å². The Kier molecular flexibility index (Phi) is 3.76. The van der Waals surface area contributed by atoms with Crippen LogP contribution in [-0.2, 0) is 6.18 Å². The lowest BCUT2D eigenvalue weighted by atomic mass is 10.1. The molecule has 0 saturated carbocycles. The highest BCUT2D eigenvalue weighted by atomic mass is 35.5. The molecule has 0 atom stereocenters. The molecule has 4 nitrogen and oxygen atoms in total. The molecular weight excluding hydrogens is 347 g/mol. The first-order valence-electron chi connectivity index (χ1n) is 6.72. The molecule has 24 heavy (non-hydrogen) atoms. The molecule has 0 spiro atoms. The van der Waals surface area contributed by atoms with E-state index in [0.717, 1.165) is 18.2 Å². The Morgan fingerprint density at radius 2 is 1.88 bits per heavy atom. The van der Waals surface area contributed by atoms with Crippen molar-refractivity contribution in [2.24, 2.45) is 0 Å². The van der Waals surface area contributed by atoms with E-state index < -0.39 is 17.5 Å². The summed E-state index contributed by atoms with van der Waals surface area (Å²) in [4.78, 5) is 11.9. The normalized spacial score (nSPS) is 14.1. The van der Waals surface area contributed by atoms with Crippen molar-refractivity contribution in [3.8, 4) is 11.5 Å². The van der Waals surface area contributed by atoms with E-state index in [2.05, 4.69) is 0 Å². The van der Waals surface area contributed by atoms with E-state index in [1.807, 2.05) is 0 Å². The van der Waals surface area contributed by atoms with Crippen molar-refractivity contribution < 1.29 is 27.4 Å². The van der Waals surface area contributed by atoms with E-state index in [0.29, 0.717) is 4.74 Å². The molecule has 0 aromatic heterocycles. The number of Topliss-reactive ketones (excluding diaryl/α,β-unsaturated/α-hetero) is 1. The van der Waals surface area contributed by atoms with Gasteiger partial charge in [-0.05, 0) is 30.3 Å². The summed E-state index contributed by atoms with van der Waals surface area (Å²) in [5.41, 5.74) is -0.489. The van der Waals surface area contributed by atoms with Gasteiger partial charge in [-0.25, -0.2) is 0 Å². The van der Waals surface area contributed by atoms with Gasteiger partial charge in [0.1, 0.15) is 17.1 Å². The van der Waals surface area contributed by atoms with Crippen LogP contribution in [0.3, 0.4) is 0 Å². The third-order valence-electron chi connectivity index (χ3n) is 3.55. The molecule has 0 N–H and O–H groups in total. The zero-order valence-corrected chi connectivity index (χ0v) is 12.9. The number of halogens is 4. The lowest BCUT2D eigenvalue weighted by Crippen LogP contribution is -2.09. The Morgan fingerprint density at radius 3 is 2.50 bits per heavy atom. The maximum Gasteiger partial charge on any atom is 0.416 e. The van der Waals surface area contributed by atoms with Gasteiger partial charge >= 0.3 is 6.18 Å².